The van der Waals surface area contributed by atoms with Crippen molar-refractivity contribution in [2.24, 2.45) is 5.16 Å². The number of nitrogens with one attached hydrogen (secondary N) is 2. The number of rotatable bonds is 8. The van der Waals surface area contributed by atoms with Gasteiger partial charge in [-0.15, -0.1) is 0 Å². The molecule has 1 heterocycles. The molecule has 0 spiro atoms. The van der Waals surface area contributed by atoms with Crippen LogP contribution in [0.15, 0.2) is 29.4 Å². The minimum Gasteiger partial charge on any atom is -0.411 e. The lowest BCUT2D eigenvalue weighted by molar-refractivity contribution is -0.114. The highest BCUT2D eigenvalue weighted by Gasteiger charge is 2.17. The second kappa shape index (κ2) is 9.17. The molecule has 0 fully saturated rings. The number of nitrogens with zero attached hydrogens (tertiary/aromatic N) is 2. The molecule has 0 saturated heterocycles. The summed E-state index contributed by atoms with van der Waals surface area (Å²) in [5, 5.41) is 18.5. The van der Waals surface area contributed by atoms with Crippen molar-refractivity contribution < 1.29 is 10.0 Å². The molecule has 0 aliphatic heterocycles. The number of amides is 1. The van der Waals surface area contributed by atoms with Crippen LogP contribution in [0.2, 0.25) is 0 Å². The number of aryl methyl sites for hydroxylation is 1. The molecule has 6 nitrogen and oxygen atoms in total. The third-order valence-electron chi connectivity index (χ3n) is 4.80. The van der Waals surface area contributed by atoms with Crippen LogP contribution in [-0.4, -0.2) is 35.4 Å². The number of fused-ring (bicyclic) bond motifs is 2. The topological polar surface area (TPSA) is 86.6 Å². The van der Waals surface area contributed by atoms with Gasteiger partial charge in [-0.05, 0) is 56.6 Å². The maximum absolute atomic E-state index is 11.1. The first-order chi connectivity index (χ1) is 12.8. The largest absolute Gasteiger partial charge is 0.411 e. The van der Waals surface area contributed by atoms with Gasteiger partial charge in [0.05, 0.1) is 5.52 Å². The Kier molecular flexibility index (Phi) is 6.41. The highest BCUT2D eigenvalue weighted by molar-refractivity contribution is 6.25. The maximum Gasteiger partial charge on any atom is 0.265 e. The average Bonchev–Trinajstić information content (AvgIpc) is 2.66. The molecule has 26 heavy (non-hydrogen) atoms. The molecule has 1 aliphatic rings. The number of hydrogen-bond donors (Lipinski definition) is 3. The number of aromatic nitrogens is 1. The Morgan fingerprint density at radius 3 is 2.85 bits per heavy atom. The van der Waals surface area contributed by atoms with Crippen LogP contribution in [0.1, 0.15) is 43.4 Å². The summed E-state index contributed by atoms with van der Waals surface area (Å²) in [4.78, 5) is 16.0. The molecule has 1 aromatic heterocycles. The van der Waals surface area contributed by atoms with Gasteiger partial charge in [-0.1, -0.05) is 23.4 Å². The molecule has 0 radical (unpaired) electrons. The van der Waals surface area contributed by atoms with Gasteiger partial charge in [-0.3, -0.25) is 9.78 Å². The fraction of sp³-hybridized carbons (Fsp3) is 0.450. The van der Waals surface area contributed by atoms with Crippen LogP contribution < -0.4 is 10.6 Å². The number of para-hydroxylation sites is 1. The molecule has 1 amide bonds. The summed E-state index contributed by atoms with van der Waals surface area (Å²) < 4.78 is 0. The summed E-state index contributed by atoms with van der Waals surface area (Å²) in [5.74, 6) is -0.361. The predicted octanol–water partition coefficient (Wildman–Crippen LogP) is 3.27. The third kappa shape index (κ3) is 4.50. The first-order valence-corrected chi connectivity index (χ1v) is 9.39. The first-order valence-electron chi connectivity index (χ1n) is 9.39. The van der Waals surface area contributed by atoms with E-state index in [-0.39, 0.29) is 5.91 Å². The standard InChI is InChI=1S/C20H26N4O2/c25-19(14-23-26)21-12-6-1-7-13-22-20-15-8-2-4-10-17(15)24-18-11-5-3-9-16(18)20/h2,4,8,10,14,26H,1,3,5-7,9,11-13H2,(H,21,25)(H,22,24). The highest BCUT2D eigenvalue weighted by atomic mass is 16.4. The molecule has 1 aliphatic carbocycles. The van der Waals surface area contributed by atoms with Crippen LogP contribution in [0.3, 0.4) is 0 Å². The van der Waals surface area contributed by atoms with Crippen LogP contribution in [0.5, 0.6) is 0 Å². The van der Waals surface area contributed by atoms with E-state index < -0.39 is 0 Å². The van der Waals surface area contributed by atoms with Crippen LogP contribution in [0.25, 0.3) is 10.9 Å². The summed E-state index contributed by atoms with van der Waals surface area (Å²) in [7, 11) is 0. The van der Waals surface area contributed by atoms with Crippen LogP contribution in [-0.2, 0) is 17.6 Å². The molecule has 138 valence electrons. The van der Waals surface area contributed by atoms with Gasteiger partial charge in [0.2, 0.25) is 0 Å². The van der Waals surface area contributed by atoms with Crippen molar-refractivity contribution in [3.8, 4) is 0 Å². The molecule has 3 rings (SSSR count). The normalized spacial score (nSPS) is 13.7. The Morgan fingerprint density at radius 1 is 1.15 bits per heavy atom. The van der Waals surface area contributed by atoms with Crippen molar-refractivity contribution >= 4 is 28.7 Å². The van der Waals surface area contributed by atoms with Gasteiger partial charge in [-0.2, -0.15) is 0 Å². The summed E-state index contributed by atoms with van der Waals surface area (Å²) >= 11 is 0. The number of anilines is 1. The molecule has 0 bridgehead atoms. The van der Waals surface area contributed by atoms with Crippen LogP contribution in [0.4, 0.5) is 5.69 Å². The maximum atomic E-state index is 11.1. The van der Waals surface area contributed by atoms with E-state index in [1.807, 2.05) is 6.07 Å². The molecular weight excluding hydrogens is 328 g/mol. The van der Waals surface area contributed by atoms with E-state index in [9.17, 15) is 4.79 Å². The number of carbonyl (C=O) groups is 1. The van der Waals surface area contributed by atoms with Gasteiger partial charge in [-0.25, -0.2) is 0 Å². The lowest BCUT2D eigenvalue weighted by Crippen LogP contribution is -2.25. The van der Waals surface area contributed by atoms with Crippen molar-refractivity contribution in [2.75, 3.05) is 18.4 Å². The Morgan fingerprint density at radius 2 is 1.96 bits per heavy atom. The number of pyridine rings is 1. The van der Waals surface area contributed by atoms with Crippen molar-refractivity contribution in [2.45, 2.75) is 44.9 Å². The van der Waals surface area contributed by atoms with Crippen molar-refractivity contribution in [1.82, 2.24) is 10.3 Å². The van der Waals surface area contributed by atoms with Crippen molar-refractivity contribution in [1.29, 1.82) is 0 Å². The molecule has 3 N–H and O–H groups in total. The van der Waals surface area contributed by atoms with Gasteiger partial charge in [0, 0.05) is 29.9 Å². The monoisotopic (exact) mass is 354 g/mol. The number of carbonyl (C=O) groups excluding carboxylic acids is 1. The van der Waals surface area contributed by atoms with Gasteiger partial charge < -0.3 is 15.8 Å². The highest BCUT2D eigenvalue weighted by Crippen LogP contribution is 2.33. The summed E-state index contributed by atoms with van der Waals surface area (Å²) in [6.07, 6.45) is 8.48. The number of unbranched alkanes of at least 4 members (excludes halogenated alkanes) is 2. The Bertz CT molecular complexity index is 789. The van der Waals surface area contributed by atoms with E-state index in [0.29, 0.717) is 6.54 Å². The van der Waals surface area contributed by atoms with E-state index in [2.05, 4.69) is 34.0 Å². The molecule has 0 unspecified atom stereocenters. The summed E-state index contributed by atoms with van der Waals surface area (Å²) in [6.45, 7) is 1.50. The van der Waals surface area contributed by atoms with Crippen LogP contribution >= 0.6 is 0 Å². The van der Waals surface area contributed by atoms with E-state index in [0.717, 1.165) is 50.4 Å². The van der Waals surface area contributed by atoms with Gasteiger partial charge >= 0.3 is 0 Å². The zero-order valence-electron chi connectivity index (χ0n) is 15.0. The number of benzene rings is 1. The Labute approximate surface area is 153 Å². The quantitative estimate of drug-likeness (QED) is 0.294. The smallest absolute Gasteiger partial charge is 0.265 e. The summed E-state index contributed by atoms with van der Waals surface area (Å²) in [6, 6.07) is 8.36. The van der Waals surface area contributed by atoms with Crippen molar-refractivity contribution in [3.63, 3.8) is 0 Å². The molecule has 0 atom stereocenters. The zero-order chi connectivity index (χ0) is 18.2. The molecule has 2 aromatic rings. The van der Waals surface area contributed by atoms with Gasteiger partial charge in [0.1, 0.15) is 6.21 Å². The SMILES string of the molecule is O=C(C=NO)NCCCCCNc1c2c(nc3ccccc13)CCCC2. The lowest BCUT2D eigenvalue weighted by Gasteiger charge is -2.21. The van der Waals surface area contributed by atoms with Crippen LogP contribution in [0, 0.1) is 0 Å². The van der Waals surface area contributed by atoms with Gasteiger partial charge in [0.25, 0.3) is 5.91 Å². The molecule has 0 saturated carbocycles. The van der Waals surface area contributed by atoms with E-state index in [1.165, 1.54) is 35.2 Å². The number of hydrogen-bond acceptors (Lipinski definition) is 5. The molecular formula is C20H26N4O2. The fourth-order valence-electron chi connectivity index (χ4n) is 3.52. The van der Waals surface area contributed by atoms with E-state index in [4.69, 9.17) is 10.2 Å². The average molecular weight is 354 g/mol. The fourth-order valence-corrected chi connectivity index (χ4v) is 3.52. The van der Waals surface area contributed by atoms with E-state index >= 15 is 0 Å². The molecule has 6 heteroatoms. The van der Waals surface area contributed by atoms with Gasteiger partial charge in [0.15, 0.2) is 0 Å². The first kappa shape index (κ1) is 18.2. The second-order valence-corrected chi connectivity index (χ2v) is 6.66. The second-order valence-electron chi connectivity index (χ2n) is 6.66. The predicted molar refractivity (Wildman–Crippen MR) is 104 cm³/mol. The Balaban J connectivity index is 1.55. The zero-order valence-corrected chi connectivity index (χ0v) is 15.0. The Hall–Kier alpha value is -2.63. The number of oxime groups is 1. The van der Waals surface area contributed by atoms with E-state index in [1.54, 1.807) is 0 Å². The minimum absolute atomic E-state index is 0.361. The lowest BCUT2D eigenvalue weighted by atomic mass is 9.92. The minimum atomic E-state index is -0.361. The molecule has 1 aromatic carbocycles. The third-order valence-corrected chi connectivity index (χ3v) is 4.80. The van der Waals surface area contributed by atoms with Crippen molar-refractivity contribution in [3.05, 3.63) is 35.5 Å². The summed E-state index contributed by atoms with van der Waals surface area (Å²) in [5.41, 5.74) is 4.98.